The van der Waals surface area contributed by atoms with Gasteiger partial charge in [0.15, 0.2) is 5.82 Å². The van der Waals surface area contributed by atoms with E-state index < -0.39 is 0 Å². The third kappa shape index (κ3) is 2.40. The van der Waals surface area contributed by atoms with Crippen molar-refractivity contribution in [2.45, 2.75) is 13.3 Å². The first kappa shape index (κ1) is 11.5. The number of nitrogens with two attached hydrogens (primary N) is 1. The van der Waals surface area contributed by atoms with Crippen LogP contribution in [0.5, 0.6) is 0 Å². The van der Waals surface area contributed by atoms with Crippen molar-refractivity contribution in [1.82, 2.24) is 9.97 Å². The van der Waals surface area contributed by atoms with Gasteiger partial charge in [-0.05, 0) is 34.5 Å². The summed E-state index contributed by atoms with van der Waals surface area (Å²) >= 11 is 5.03. The summed E-state index contributed by atoms with van der Waals surface area (Å²) in [6.45, 7) is 2.05. The van der Waals surface area contributed by atoms with E-state index in [0.29, 0.717) is 11.6 Å². The Labute approximate surface area is 106 Å². The number of rotatable bonds is 3. The molecule has 0 saturated heterocycles. The van der Waals surface area contributed by atoms with Crippen LogP contribution < -0.4 is 11.3 Å². The molecule has 0 aliphatic rings. The fourth-order valence-electron chi connectivity index (χ4n) is 1.30. The van der Waals surface area contributed by atoms with Crippen molar-refractivity contribution in [3.63, 3.8) is 0 Å². The van der Waals surface area contributed by atoms with Crippen molar-refractivity contribution >= 4 is 33.1 Å². The fourth-order valence-corrected chi connectivity index (χ4v) is 2.62. The van der Waals surface area contributed by atoms with E-state index in [4.69, 9.17) is 5.84 Å². The van der Waals surface area contributed by atoms with Crippen molar-refractivity contribution in [2.24, 2.45) is 5.84 Å². The fraction of sp³-hybridized carbons (Fsp3) is 0.200. The van der Waals surface area contributed by atoms with Gasteiger partial charge < -0.3 is 5.43 Å². The van der Waals surface area contributed by atoms with Crippen LogP contribution >= 0.6 is 27.3 Å². The molecule has 0 fully saturated rings. The summed E-state index contributed by atoms with van der Waals surface area (Å²) in [6.07, 6.45) is 0.858. The molecule has 0 aromatic carbocycles. The maximum absolute atomic E-state index is 5.38. The van der Waals surface area contributed by atoms with Crippen LogP contribution in [0.25, 0.3) is 10.7 Å². The number of hydrogen-bond acceptors (Lipinski definition) is 5. The number of aryl methyl sites for hydroxylation is 1. The molecule has 84 valence electrons. The molecule has 0 radical (unpaired) electrons. The molecule has 6 heteroatoms. The molecule has 0 aliphatic carbocycles. The van der Waals surface area contributed by atoms with Gasteiger partial charge in [0.25, 0.3) is 0 Å². The first-order valence-corrected chi connectivity index (χ1v) is 6.44. The summed E-state index contributed by atoms with van der Waals surface area (Å²) in [5.74, 6) is 6.74. The quantitative estimate of drug-likeness (QED) is 0.675. The van der Waals surface area contributed by atoms with Gasteiger partial charge in [-0.1, -0.05) is 6.92 Å². The average molecular weight is 299 g/mol. The van der Waals surface area contributed by atoms with Crippen LogP contribution in [-0.4, -0.2) is 9.97 Å². The maximum Gasteiger partial charge on any atom is 0.171 e. The number of nitrogens with zero attached hydrogens (tertiary/aromatic N) is 2. The highest BCUT2D eigenvalue weighted by molar-refractivity contribution is 9.11. The van der Waals surface area contributed by atoms with Gasteiger partial charge in [0.05, 0.1) is 8.66 Å². The molecule has 4 nitrogen and oxygen atoms in total. The van der Waals surface area contributed by atoms with Gasteiger partial charge in [0.2, 0.25) is 0 Å². The zero-order valence-electron chi connectivity index (χ0n) is 8.70. The lowest BCUT2D eigenvalue weighted by Gasteiger charge is -2.04. The van der Waals surface area contributed by atoms with Gasteiger partial charge in [-0.2, -0.15) is 0 Å². The third-order valence-electron chi connectivity index (χ3n) is 2.08. The molecule has 2 aromatic heterocycles. The zero-order chi connectivity index (χ0) is 11.5. The SMILES string of the molecule is CCc1cc(NN)nc(-c2ccc(Br)s2)n1. The highest BCUT2D eigenvalue weighted by Crippen LogP contribution is 2.29. The first-order chi connectivity index (χ1) is 7.72. The van der Waals surface area contributed by atoms with Crippen LogP contribution in [0.3, 0.4) is 0 Å². The Morgan fingerprint density at radius 2 is 2.25 bits per heavy atom. The second kappa shape index (κ2) is 4.90. The monoisotopic (exact) mass is 298 g/mol. The maximum atomic E-state index is 5.38. The van der Waals surface area contributed by atoms with E-state index in [-0.39, 0.29) is 0 Å². The number of aromatic nitrogens is 2. The summed E-state index contributed by atoms with van der Waals surface area (Å²) in [5.41, 5.74) is 3.53. The summed E-state index contributed by atoms with van der Waals surface area (Å²) in [7, 11) is 0. The number of nitrogens with one attached hydrogen (secondary N) is 1. The average Bonchev–Trinajstić information content (AvgIpc) is 2.75. The van der Waals surface area contributed by atoms with Gasteiger partial charge in [-0.25, -0.2) is 15.8 Å². The molecule has 0 spiro atoms. The highest BCUT2D eigenvalue weighted by atomic mass is 79.9. The Kier molecular flexibility index (Phi) is 3.52. The first-order valence-electron chi connectivity index (χ1n) is 4.83. The van der Waals surface area contributed by atoms with Crippen LogP contribution in [-0.2, 0) is 6.42 Å². The second-order valence-electron chi connectivity index (χ2n) is 3.17. The molecule has 0 bridgehead atoms. The van der Waals surface area contributed by atoms with E-state index in [1.165, 1.54) is 0 Å². The summed E-state index contributed by atoms with van der Waals surface area (Å²) in [6, 6.07) is 5.83. The van der Waals surface area contributed by atoms with Crippen LogP contribution in [0.4, 0.5) is 5.82 Å². The molecule has 0 saturated carbocycles. The summed E-state index contributed by atoms with van der Waals surface area (Å²) in [5, 5.41) is 0. The van der Waals surface area contributed by atoms with E-state index in [9.17, 15) is 0 Å². The number of nitrogen functional groups attached to an aromatic ring is 1. The Morgan fingerprint density at radius 1 is 1.44 bits per heavy atom. The van der Waals surface area contributed by atoms with Gasteiger partial charge in [0.1, 0.15) is 5.82 Å². The molecular formula is C10H11BrN4S. The third-order valence-corrected chi connectivity index (χ3v) is 3.70. The Morgan fingerprint density at radius 3 is 2.81 bits per heavy atom. The minimum atomic E-state index is 0.645. The van der Waals surface area contributed by atoms with Crippen molar-refractivity contribution < 1.29 is 0 Å². The number of hydrazine groups is 1. The topological polar surface area (TPSA) is 63.8 Å². The van der Waals surface area contributed by atoms with E-state index >= 15 is 0 Å². The predicted octanol–water partition coefficient (Wildman–Crippen LogP) is 2.82. The van der Waals surface area contributed by atoms with Gasteiger partial charge in [0, 0.05) is 11.8 Å². The Bertz CT molecular complexity index is 475. The van der Waals surface area contributed by atoms with Crippen molar-refractivity contribution in [1.29, 1.82) is 0 Å². The summed E-state index contributed by atoms with van der Waals surface area (Å²) < 4.78 is 1.07. The predicted molar refractivity (Wildman–Crippen MR) is 70.2 cm³/mol. The lowest BCUT2D eigenvalue weighted by molar-refractivity contribution is 1.00. The van der Waals surface area contributed by atoms with Crippen LogP contribution in [0.1, 0.15) is 12.6 Å². The zero-order valence-corrected chi connectivity index (χ0v) is 11.1. The van der Waals surface area contributed by atoms with Crippen LogP contribution in [0.15, 0.2) is 22.0 Å². The molecule has 2 rings (SSSR count). The van der Waals surface area contributed by atoms with E-state index in [1.807, 2.05) is 18.2 Å². The molecule has 3 N–H and O–H groups in total. The van der Waals surface area contributed by atoms with Crippen LogP contribution in [0.2, 0.25) is 0 Å². The van der Waals surface area contributed by atoms with Crippen molar-refractivity contribution in [3.8, 4) is 10.7 Å². The van der Waals surface area contributed by atoms with Gasteiger partial charge in [-0.3, -0.25) is 0 Å². The standard InChI is InChI=1S/C10H11BrN4S/c1-2-6-5-9(15-12)14-10(13-6)7-3-4-8(11)16-7/h3-5H,2,12H2,1H3,(H,13,14,15). The number of hydrogen-bond donors (Lipinski definition) is 2. The van der Waals surface area contributed by atoms with Crippen molar-refractivity contribution in [3.05, 3.63) is 27.7 Å². The molecule has 0 unspecified atom stereocenters. The molecule has 0 aliphatic heterocycles. The van der Waals surface area contributed by atoms with Crippen molar-refractivity contribution in [2.75, 3.05) is 5.43 Å². The molecule has 2 heterocycles. The van der Waals surface area contributed by atoms with Gasteiger partial charge >= 0.3 is 0 Å². The van der Waals surface area contributed by atoms with E-state index in [2.05, 4.69) is 38.2 Å². The molecular weight excluding hydrogens is 288 g/mol. The lowest BCUT2D eigenvalue weighted by Crippen LogP contribution is -2.10. The summed E-state index contributed by atoms with van der Waals surface area (Å²) in [4.78, 5) is 9.82. The van der Waals surface area contributed by atoms with E-state index in [0.717, 1.165) is 20.8 Å². The molecule has 2 aromatic rings. The number of thiophene rings is 1. The molecule has 0 amide bonds. The Balaban J connectivity index is 2.47. The smallest absolute Gasteiger partial charge is 0.171 e. The Hall–Kier alpha value is -0.980. The minimum absolute atomic E-state index is 0.645. The largest absolute Gasteiger partial charge is 0.308 e. The second-order valence-corrected chi connectivity index (χ2v) is 5.63. The highest BCUT2D eigenvalue weighted by Gasteiger charge is 2.07. The van der Waals surface area contributed by atoms with E-state index in [1.54, 1.807) is 11.3 Å². The lowest BCUT2D eigenvalue weighted by atomic mass is 10.3. The number of anilines is 1. The molecule has 16 heavy (non-hydrogen) atoms. The molecule has 0 atom stereocenters. The number of halogens is 1. The normalized spacial score (nSPS) is 10.4. The van der Waals surface area contributed by atoms with Crippen LogP contribution in [0, 0.1) is 0 Å². The minimum Gasteiger partial charge on any atom is -0.308 e. The van der Waals surface area contributed by atoms with Gasteiger partial charge in [-0.15, -0.1) is 11.3 Å².